The highest BCUT2D eigenvalue weighted by atomic mass is 19.1. The van der Waals surface area contributed by atoms with Gasteiger partial charge in [-0.05, 0) is 24.3 Å². The van der Waals surface area contributed by atoms with E-state index in [1.165, 1.54) is 12.1 Å². The van der Waals surface area contributed by atoms with Gasteiger partial charge < -0.3 is 5.73 Å². The molecule has 0 saturated heterocycles. The molecule has 0 fully saturated rings. The van der Waals surface area contributed by atoms with Gasteiger partial charge in [0.05, 0.1) is 5.69 Å². The van der Waals surface area contributed by atoms with Crippen LogP contribution in [0.4, 0.5) is 10.1 Å². The van der Waals surface area contributed by atoms with Crippen LogP contribution in [-0.4, -0.2) is 0 Å². The van der Waals surface area contributed by atoms with Crippen LogP contribution in [0.25, 0.3) is 16.9 Å². The van der Waals surface area contributed by atoms with Crippen LogP contribution in [-0.2, 0) is 0 Å². The quantitative estimate of drug-likeness (QED) is 0.707. The predicted octanol–water partition coefficient (Wildman–Crippen LogP) is 3.35. The lowest BCUT2D eigenvalue weighted by molar-refractivity contribution is -0.583. The van der Waals surface area contributed by atoms with Crippen molar-refractivity contribution in [3.05, 3.63) is 78.7 Å². The Labute approximate surface area is 116 Å². The first kappa shape index (κ1) is 12.4. The monoisotopic (exact) mass is 265 g/mol. The van der Waals surface area contributed by atoms with Gasteiger partial charge in [-0.3, -0.25) is 0 Å². The van der Waals surface area contributed by atoms with Crippen LogP contribution in [0.5, 0.6) is 0 Å². The number of pyridine rings is 1. The van der Waals surface area contributed by atoms with Crippen molar-refractivity contribution in [3.63, 3.8) is 0 Å². The summed E-state index contributed by atoms with van der Waals surface area (Å²) in [5.41, 5.74) is 9.23. The minimum Gasteiger partial charge on any atom is -0.394 e. The second kappa shape index (κ2) is 5.13. The van der Waals surface area contributed by atoms with Gasteiger partial charge in [-0.1, -0.05) is 24.3 Å². The van der Waals surface area contributed by atoms with Crippen LogP contribution in [0.2, 0.25) is 0 Å². The van der Waals surface area contributed by atoms with Crippen molar-refractivity contribution < 1.29 is 8.96 Å². The van der Waals surface area contributed by atoms with Crippen LogP contribution in [0.15, 0.2) is 72.9 Å². The molecule has 0 radical (unpaired) electrons. The summed E-state index contributed by atoms with van der Waals surface area (Å²) in [7, 11) is 0. The number of nitrogen functional groups attached to an aromatic ring is 1. The maximum absolute atomic E-state index is 13.4. The van der Waals surface area contributed by atoms with E-state index in [1.54, 1.807) is 6.07 Å². The summed E-state index contributed by atoms with van der Waals surface area (Å²) in [5, 5.41) is 0. The highest BCUT2D eigenvalue weighted by molar-refractivity contribution is 5.58. The van der Waals surface area contributed by atoms with Gasteiger partial charge in [0.15, 0.2) is 6.20 Å². The number of nitrogens with zero attached hydrogens (tertiary/aromatic N) is 1. The van der Waals surface area contributed by atoms with Gasteiger partial charge in [-0.15, -0.1) is 0 Å². The Morgan fingerprint density at radius 2 is 1.65 bits per heavy atom. The maximum Gasteiger partial charge on any atom is 0.218 e. The van der Waals surface area contributed by atoms with Crippen LogP contribution in [0.1, 0.15) is 0 Å². The number of rotatable bonds is 2. The van der Waals surface area contributed by atoms with E-state index in [1.807, 2.05) is 59.3 Å². The van der Waals surface area contributed by atoms with E-state index in [2.05, 4.69) is 0 Å². The molecule has 1 heterocycles. The minimum absolute atomic E-state index is 0.251. The minimum atomic E-state index is -0.251. The number of anilines is 1. The van der Waals surface area contributed by atoms with Crippen LogP contribution in [0, 0.1) is 5.82 Å². The van der Waals surface area contributed by atoms with E-state index in [0.717, 1.165) is 16.9 Å². The molecular weight excluding hydrogens is 251 g/mol. The lowest BCUT2D eigenvalue weighted by atomic mass is 10.1. The van der Waals surface area contributed by atoms with Crippen LogP contribution < -0.4 is 10.3 Å². The van der Waals surface area contributed by atoms with Crippen molar-refractivity contribution in [2.75, 3.05) is 5.73 Å². The molecule has 0 unspecified atom stereocenters. The molecule has 0 atom stereocenters. The number of nitrogens with two attached hydrogens (primary N) is 1. The van der Waals surface area contributed by atoms with E-state index < -0.39 is 0 Å². The molecule has 3 rings (SSSR count). The summed E-state index contributed by atoms with van der Waals surface area (Å²) in [6, 6.07) is 20.1. The van der Waals surface area contributed by atoms with Crippen molar-refractivity contribution in [2.24, 2.45) is 0 Å². The van der Waals surface area contributed by atoms with E-state index >= 15 is 0 Å². The first-order chi connectivity index (χ1) is 9.74. The zero-order valence-electron chi connectivity index (χ0n) is 10.8. The predicted molar refractivity (Wildman–Crippen MR) is 77.8 cm³/mol. The lowest BCUT2D eigenvalue weighted by Crippen LogP contribution is -2.33. The number of halogens is 1. The molecule has 3 heteroatoms. The third kappa shape index (κ3) is 2.38. The molecule has 0 bridgehead atoms. The molecule has 2 nitrogen and oxygen atoms in total. The Morgan fingerprint density at radius 1 is 0.850 bits per heavy atom. The van der Waals surface area contributed by atoms with E-state index in [-0.39, 0.29) is 5.82 Å². The van der Waals surface area contributed by atoms with Crippen molar-refractivity contribution in [2.45, 2.75) is 0 Å². The Kier molecular flexibility index (Phi) is 3.17. The van der Waals surface area contributed by atoms with Crippen molar-refractivity contribution in [1.82, 2.24) is 0 Å². The number of hydrogen-bond acceptors (Lipinski definition) is 1. The molecule has 0 saturated carbocycles. The molecule has 20 heavy (non-hydrogen) atoms. The third-order valence-electron chi connectivity index (χ3n) is 3.13. The van der Waals surface area contributed by atoms with Crippen LogP contribution in [0.3, 0.4) is 0 Å². The highest BCUT2D eigenvalue weighted by Crippen LogP contribution is 2.19. The molecule has 2 aromatic carbocycles. The molecular formula is C17H14FN2+. The van der Waals surface area contributed by atoms with E-state index in [9.17, 15) is 4.39 Å². The Bertz CT molecular complexity index is 739. The topological polar surface area (TPSA) is 29.9 Å². The molecule has 0 amide bonds. The van der Waals surface area contributed by atoms with E-state index in [0.29, 0.717) is 5.69 Å². The molecule has 0 aliphatic rings. The van der Waals surface area contributed by atoms with Crippen molar-refractivity contribution in [3.8, 4) is 16.9 Å². The van der Waals surface area contributed by atoms with Gasteiger partial charge in [0.25, 0.3) is 0 Å². The summed E-state index contributed by atoms with van der Waals surface area (Å²) in [6.07, 6.45) is 1.84. The molecule has 0 aliphatic heterocycles. The average Bonchev–Trinajstić information content (AvgIpc) is 2.48. The first-order valence-electron chi connectivity index (χ1n) is 6.36. The van der Waals surface area contributed by atoms with Crippen molar-refractivity contribution in [1.29, 1.82) is 0 Å². The third-order valence-corrected chi connectivity index (χ3v) is 3.13. The first-order valence-corrected chi connectivity index (χ1v) is 6.36. The number of benzene rings is 2. The molecule has 1 aromatic heterocycles. The van der Waals surface area contributed by atoms with Crippen molar-refractivity contribution >= 4 is 5.69 Å². The maximum atomic E-state index is 13.4. The molecule has 3 aromatic rings. The Balaban J connectivity index is 2.22. The fourth-order valence-electron chi connectivity index (χ4n) is 2.20. The number of hydrogen-bond donors (Lipinski definition) is 1. The zero-order chi connectivity index (χ0) is 13.9. The lowest BCUT2D eigenvalue weighted by Gasteiger charge is -2.04. The summed E-state index contributed by atoms with van der Waals surface area (Å²) >= 11 is 0. The molecule has 2 N–H and O–H groups in total. The van der Waals surface area contributed by atoms with Gasteiger partial charge in [0.1, 0.15) is 5.82 Å². The summed E-state index contributed by atoms with van der Waals surface area (Å²) < 4.78 is 15.4. The standard InChI is InChI=1S/C17H14FN2/c18-14-6-4-5-13(11-14)17-10-9-15(19)12-20(17)16-7-2-1-3-8-16/h1-12H,19H2/q+1. The fourth-order valence-corrected chi connectivity index (χ4v) is 2.20. The highest BCUT2D eigenvalue weighted by Gasteiger charge is 2.16. The second-order valence-electron chi connectivity index (χ2n) is 4.56. The summed E-state index contributed by atoms with van der Waals surface area (Å²) in [4.78, 5) is 0. The van der Waals surface area contributed by atoms with Gasteiger partial charge >= 0.3 is 0 Å². The van der Waals surface area contributed by atoms with Gasteiger partial charge in [0, 0.05) is 23.8 Å². The smallest absolute Gasteiger partial charge is 0.218 e. The van der Waals surface area contributed by atoms with Gasteiger partial charge in [0.2, 0.25) is 11.4 Å². The Hall–Kier alpha value is -2.68. The zero-order valence-corrected chi connectivity index (χ0v) is 10.8. The molecule has 0 spiro atoms. The van der Waals surface area contributed by atoms with Gasteiger partial charge in [-0.2, -0.15) is 4.57 Å². The number of para-hydroxylation sites is 1. The Morgan fingerprint density at radius 3 is 2.40 bits per heavy atom. The average molecular weight is 265 g/mol. The van der Waals surface area contributed by atoms with Crippen LogP contribution >= 0.6 is 0 Å². The normalized spacial score (nSPS) is 10.4. The molecule has 98 valence electrons. The summed E-state index contributed by atoms with van der Waals surface area (Å²) in [5.74, 6) is -0.251. The fraction of sp³-hybridized carbons (Fsp3) is 0. The number of aromatic nitrogens is 1. The molecule has 0 aliphatic carbocycles. The van der Waals surface area contributed by atoms with Gasteiger partial charge in [-0.25, -0.2) is 4.39 Å². The largest absolute Gasteiger partial charge is 0.394 e. The second-order valence-corrected chi connectivity index (χ2v) is 4.56. The SMILES string of the molecule is Nc1ccc(-c2cccc(F)c2)[n+](-c2ccccc2)c1. The van der Waals surface area contributed by atoms with E-state index in [4.69, 9.17) is 5.73 Å². The summed E-state index contributed by atoms with van der Waals surface area (Å²) in [6.45, 7) is 0.